The Balaban J connectivity index is 0.000000336. The van der Waals surface area contributed by atoms with E-state index in [2.05, 4.69) is 5.32 Å². The van der Waals surface area contributed by atoms with Crippen LogP contribution in [0.3, 0.4) is 0 Å². The van der Waals surface area contributed by atoms with Crippen molar-refractivity contribution in [2.75, 3.05) is 19.5 Å². The number of methoxy groups -OCH3 is 1. The lowest BCUT2D eigenvalue weighted by Crippen LogP contribution is -1.87. The molecule has 0 aliphatic heterocycles. The topological polar surface area (TPSA) is 68.8 Å². The molecule has 78 valence electrons. The maximum Gasteiger partial charge on any atom is 0.122 e. The highest BCUT2D eigenvalue weighted by Gasteiger charge is 1.88. The lowest BCUT2D eigenvalue weighted by molar-refractivity contribution is 0.415. The molecule has 1 N–H and O–H groups in total. The van der Waals surface area contributed by atoms with Crippen molar-refractivity contribution in [1.29, 1.82) is 10.5 Å². The number of anilines is 1. The SMILES string of the molecule is CNc1ccc(OC)cc1.N#CCC#N. The van der Waals surface area contributed by atoms with Crippen LogP contribution >= 0.6 is 0 Å². The highest BCUT2D eigenvalue weighted by atomic mass is 16.5. The summed E-state index contributed by atoms with van der Waals surface area (Å²) in [6, 6.07) is 11.1. The molecule has 0 bridgehead atoms. The lowest BCUT2D eigenvalue weighted by atomic mass is 10.3. The molecule has 1 aromatic rings. The van der Waals surface area contributed by atoms with Crippen LogP contribution in [-0.2, 0) is 0 Å². The van der Waals surface area contributed by atoms with E-state index in [0.717, 1.165) is 11.4 Å². The van der Waals surface area contributed by atoms with E-state index in [4.69, 9.17) is 15.3 Å². The van der Waals surface area contributed by atoms with Crippen molar-refractivity contribution in [1.82, 2.24) is 0 Å². The molecule has 0 atom stereocenters. The standard InChI is InChI=1S/C8H11NO.C3H2N2/c1-9-7-3-5-8(10-2)6-4-7;4-2-1-3-5/h3-6,9H,1-2H3;1H2. The summed E-state index contributed by atoms with van der Waals surface area (Å²) < 4.78 is 4.99. The molecule has 0 radical (unpaired) electrons. The van der Waals surface area contributed by atoms with Gasteiger partial charge in [0.25, 0.3) is 0 Å². The third-order valence-electron chi connectivity index (χ3n) is 1.54. The van der Waals surface area contributed by atoms with Gasteiger partial charge in [-0.3, -0.25) is 0 Å². The van der Waals surface area contributed by atoms with Crippen molar-refractivity contribution in [3.05, 3.63) is 24.3 Å². The van der Waals surface area contributed by atoms with Gasteiger partial charge in [-0.2, -0.15) is 10.5 Å². The van der Waals surface area contributed by atoms with E-state index in [0.29, 0.717) is 0 Å². The zero-order chi connectivity index (χ0) is 11.5. The number of nitrogens with one attached hydrogen (secondary N) is 1. The van der Waals surface area contributed by atoms with Crippen LogP contribution in [0.2, 0.25) is 0 Å². The minimum Gasteiger partial charge on any atom is -0.497 e. The summed E-state index contributed by atoms with van der Waals surface area (Å²) in [4.78, 5) is 0. The summed E-state index contributed by atoms with van der Waals surface area (Å²) in [6.07, 6.45) is 0. The lowest BCUT2D eigenvalue weighted by Gasteiger charge is -2.00. The number of rotatable bonds is 2. The van der Waals surface area contributed by atoms with Gasteiger partial charge in [0.2, 0.25) is 0 Å². The van der Waals surface area contributed by atoms with E-state index in [1.54, 1.807) is 19.2 Å². The first-order valence-corrected chi connectivity index (χ1v) is 4.34. The van der Waals surface area contributed by atoms with Crippen molar-refractivity contribution in [2.45, 2.75) is 6.42 Å². The van der Waals surface area contributed by atoms with Crippen LogP contribution < -0.4 is 10.1 Å². The van der Waals surface area contributed by atoms with Crippen molar-refractivity contribution in [3.8, 4) is 17.9 Å². The molecule has 4 nitrogen and oxygen atoms in total. The zero-order valence-electron chi connectivity index (χ0n) is 8.82. The van der Waals surface area contributed by atoms with E-state index in [-0.39, 0.29) is 6.42 Å². The van der Waals surface area contributed by atoms with Gasteiger partial charge in [-0.1, -0.05) is 0 Å². The van der Waals surface area contributed by atoms with Gasteiger partial charge in [0, 0.05) is 12.7 Å². The van der Waals surface area contributed by atoms with Gasteiger partial charge in [0.1, 0.15) is 12.2 Å². The number of hydrogen-bond acceptors (Lipinski definition) is 4. The first kappa shape index (κ1) is 12.8. The second-order valence-corrected chi connectivity index (χ2v) is 2.47. The average molecular weight is 203 g/mol. The number of benzene rings is 1. The van der Waals surface area contributed by atoms with E-state index < -0.39 is 0 Å². The van der Waals surface area contributed by atoms with Crippen LogP contribution in [0.15, 0.2) is 24.3 Å². The van der Waals surface area contributed by atoms with E-state index >= 15 is 0 Å². The fourth-order valence-electron chi connectivity index (χ4n) is 0.793. The van der Waals surface area contributed by atoms with Gasteiger partial charge < -0.3 is 10.1 Å². The molecule has 0 aliphatic carbocycles. The van der Waals surface area contributed by atoms with Gasteiger partial charge >= 0.3 is 0 Å². The molecule has 0 amide bonds. The third-order valence-corrected chi connectivity index (χ3v) is 1.54. The van der Waals surface area contributed by atoms with E-state index in [1.165, 1.54) is 0 Å². The predicted molar refractivity (Wildman–Crippen MR) is 58.4 cm³/mol. The second-order valence-electron chi connectivity index (χ2n) is 2.47. The minimum atomic E-state index is 0. The number of ether oxygens (including phenoxy) is 1. The van der Waals surface area contributed by atoms with Crippen LogP contribution in [0, 0.1) is 22.7 Å². The highest BCUT2D eigenvalue weighted by molar-refractivity contribution is 5.45. The van der Waals surface area contributed by atoms with Crippen LogP contribution in [-0.4, -0.2) is 14.2 Å². The molecule has 0 saturated carbocycles. The molecule has 0 spiro atoms. The Bertz CT molecular complexity index is 311. The molecule has 0 unspecified atom stereocenters. The normalized spacial score (nSPS) is 7.47. The summed E-state index contributed by atoms with van der Waals surface area (Å²) in [5, 5.41) is 18.2. The third kappa shape index (κ3) is 5.95. The van der Waals surface area contributed by atoms with Gasteiger partial charge in [-0.15, -0.1) is 0 Å². The van der Waals surface area contributed by atoms with Crippen molar-refractivity contribution >= 4 is 5.69 Å². The molecule has 1 rings (SSSR count). The van der Waals surface area contributed by atoms with Crippen LogP contribution in [0.4, 0.5) is 5.69 Å². The fraction of sp³-hybridized carbons (Fsp3) is 0.273. The quantitative estimate of drug-likeness (QED) is 0.799. The highest BCUT2D eigenvalue weighted by Crippen LogP contribution is 2.13. The zero-order valence-corrected chi connectivity index (χ0v) is 8.82. The van der Waals surface area contributed by atoms with Gasteiger partial charge in [-0.05, 0) is 24.3 Å². The van der Waals surface area contributed by atoms with E-state index in [9.17, 15) is 0 Å². The molecule has 0 heterocycles. The van der Waals surface area contributed by atoms with Crippen molar-refractivity contribution < 1.29 is 4.74 Å². The monoisotopic (exact) mass is 203 g/mol. The Morgan fingerprint density at radius 2 is 1.73 bits per heavy atom. The molecule has 0 saturated heterocycles. The van der Waals surface area contributed by atoms with Crippen LogP contribution in [0.1, 0.15) is 6.42 Å². The number of nitriles is 2. The van der Waals surface area contributed by atoms with Gasteiger partial charge in [-0.25, -0.2) is 0 Å². The molecule has 1 aromatic carbocycles. The van der Waals surface area contributed by atoms with Crippen LogP contribution in [0.5, 0.6) is 5.75 Å². The summed E-state index contributed by atoms with van der Waals surface area (Å²) in [5.74, 6) is 0.888. The molecular formula is C11H13N3O. The summed E-state index contributed by atoms with van der Waals surface area (Å²) >= 11 is 0. The fourth-order valence-corrected chi connectivity index (χ4v) is 0.793. The maximum atomic E-state index is 7.59. The Morgan fingerprint density at radius 1 is 1.20 bits per heavy atom. The molecule has 0 aromatic heterocycles. The number of hydrogen-bond donors (Lipinski definition) is 1. The Kier molecular flexibility index (Phi) is 7.17. The molecule has 0 aliphatic rings. The molecule has 15 heavy (non-hydrogen) atoms. The second kappa shape index (κ2) is 8.40. The van der Waals surface area contributed by atoms with Crippen molar-refractivity contribution in [3.63, 3.8) is 0 Å². The van der Waals surface area contributed by atoms with Crippen LogP contribution in [0.25, 0.3) is 0 Å². The Hall–Kier alpha value is -2.20. The molecule has 4 heteroatoms. The maximum absolute atomic E-state index is 7.59. The molecule has 0 fully saturated rings. The van der Waals surface area contributed by atoms with Gasteiger partial charge in [0.05, 0.1) is 19.2 Å². The Labute approximate surface area is 89.7 Å². The minimum absolute atomic E-state index is 0. The molecular weight excluding hydrogens is 190 g/mol. The Morgan fingerprint density at radius 3 is 2.00 bits per heavy atom. The first-order valence-electron chi connectivity index (χ1n) is 4.34. The van der Waals surface area contributed by atoms with Gasteiger partial charge in [0.15, 0.2) is 0 Å². The first-order chi connectivity index (χ1) is 7.28. The largest absolute Gasteiger partial charge is 0.497 e. The summed E-state index contributed by atoms with van der Waals surface area (Å²) in [5.41, 5.74) is 1.10. The average Bonchev–Trinajstić information content (AvgIpc) is 2.31. The predicted octanol–water partition coefficient (Wildman–Crippen LogP) is 2.16. The smallest absolute Gasteiger partial charge is 0.122 e. The number of nitrogens with zero attached hydrogens (tertiary/aromatic N) is 2. The van der Waals surface area contributed by atoms with Crippen molar-refractivity contribution in [2.24, 2.45) is 0 Å². The summed E-state index contributed by atoms with van der Waals surface area (Å²) in [6.45, 7) is 0. The van der Waals surface area contributed by atoms with E-state index in [1.807, 2.05) is 31.3 Å². The summed E-state index contributed by atoms with van der Waals surface area (Å²) in [7, 11) is 3.55.